The Morgan fingerprint density at radius 1 is 1.10 bits per heavy atom. The Hall–Kier alpha value is -1.14. The van der Waals surface area contributed by atoms with Crippen molar-refractivity contribution in [1.29, 1.82) is 0 Å². The van der Waals surface area contributed by atoms with Crippen LogP contribution in [0, 0.1) is 5.92 Å². The molecule has 0 spiro atoms. The van der Waals surface area contributed by atoms with E-state index >= 15 is 0 Å². The fourth-order valence-electron chi connectivity index (χ4n) is 3.11. The molecule has 2 rings (SSSR count). The Morgan fingerprint density at radius 2 is 1.67 bits per heavy atom. The monoisotopic (exact) mass is 297 g/mol. The van der Waals surface area contributed by atoms with Crippen molar-refractivity contribution < 1.29 is 14.3 Å². The van der Waals surface area contributed by atoms with E-state index in [9.17, 15) is 9.59 Å². The number of carbonyl (C=O) groups excluding carboxylic acids is 2. The van der Waals surface area contributed by atoms with Crippen LogP contribution in [0.4, 0.5) is 0 Å². The number of morpholine rings is 1. The molecule has 0 bridgehead atoms. The lowest BCUT2D eigenvalue weighted by atomic mass is 9.94. The summed E-state index contributed by atoms with van der Waals surface area (Å²) in [5.41, 5.74) is 0. The van der Waals surface area contributed by atoms with Gasteiger partial charge < -0.3 is 14.5 Å². The van der Waals surface area contributed by atoms with Gasteiger partial charge in [-0.1, -0.05) is 0 Å². The Morgan fingerprint density at radius 3 is 2.19 bits per heavy atom. The Kier molecular flexibility index (Phi) is 5.58. The van der Waals surface area contributed by atoms with E-state index in [4.69, 9.17) is 4.74 Å². The summed E-state index contributed by atoms with van der Waals surface area (Å²) >= 11 is 0. The van der Waals surface area contributed by atoms with Crippen molar-refractivity contribution >= 4 is 11.8 Å². The van der Waals surface area contributed by atoms with E-state index in [0.29, 0.717) is 26.3 Å². The fourth-order valence-corrected chi connectivity index (χ4v) is 3.11. The Bertz CT molecular complexity index is 372. The first-order valence-corrected chi connectivity index (χ1v) is 7.82. The fraction of sp³-hybridized carbons (Fsp3) is 0.867. The summed E-state index contributed by atoms with van der Waals surface area (Å²) in [5, 5.41) is 0. The lowest BCUT2D eigenvalue weighted by Crippen LogP contribution is -2.51. The molecule has 0 saturated carbocycles. The summed E-state index contributed by atoms with van der Waals surface area (Å²) in [4.78, 5) is 30.2. The highest BCUT2D eigenvalue weighted by atomic mass is 16.5. The van der Waals surface area contributed by atoms with Gasteiger partial charge in [-0.25, -0.2) is 0 Å². The van der Waals surface area contributed by atoms with Gasteiger partial charge in [-0.15, -0.1) is 0 Å². The van der Waals surface area contributed by atoms with Crippen LogP contribution < -0.4 is 0 Å². The Labute approximate surface area is 127 Å². The predicted octanol–water partition coefficient (Wildman–Crippen LogP) is 0.0339. The summed E-state index contributed by atoms with van der Waals surface area (Å²) in [6.07, 6.45) is 1.70. The molecule has 6 nitrogen and oxygen atoms in total. The summed E-state index contributed by atoms with van der Waals surface area (Å²) < 4.78 is 5.29. The van der Waals surface area contributed by atoms with E-state index in [-0.39, 0.29) is 23.8 Å². The molecular weight excluding hydrogens is 270 g/mol. The molecular formula is C15H27N3O3. The first kappa shape index (κ1) is 16.2. The molecule has 0 aromatic carbocycles. The SMILES string of the molecule is CC(C(=O)N(C)C)N1CCC(C(=O)N2CCOCC2)CC1. The topological polar surface area (TPSA) is 53.1 Å². The number of likely N-dealkylation sites (N-methyl/N-ethyl adjacent to an activating group) is 1. The average Bonchev–Trinajstić information content (AvgIpc) is 2.53. The number of piperidine rings is 1. The molecule has 6 heteroatoms. The van der Waals surface area contributed by atoms with E-state index in [0.717, 1.165) is 25.9 Å². The number of nitrogens with zero attached hydrogens (tertiary/aromatic N) is 3. The zero-order chi connectivity index (χ0) is 15.4. The van der Waals surface area contributed by atoms with Gasteiger partial charge in [0, 0.05) is 33.1 Å². The number of carbonyl (C=O) groups is 2. The van der Waals surface area contributed by atoms with E-state index in [1.165, 1.54) is 0 Å². The molecule has 21 heavy (non-hydrogen) atoms. The molecule has 2 amide bonds. The highest BCUT2D eigenvalue weighted by Crippen LogP contribution is 2.22. The highest BCUT2D eigenvalue weighted by Gasteiger charge is 2.32. The summed E-state index contributed by atoms with van der Waals surface area (Å²) in [6, 6.07) is -0.0977. The van der Waals surface area contributed by atoms with Gasteiger partial charge in [-0.05, 0) is 32.9 Å². The van der Waals surface area contributed by atoms with Gasteiger partial charge in [0.15, 0.2) is 0 Å². The second-order valence-corrected chi connectivity index (χ2v) is 6.16. The van der Waals surface area contributed by atoms with Crippen molar-refractivity contribution in [3.05, 3.63) is 0 Å². The molecule has 2 heterocycles. The molecule has 0 aromatic rings. The predicted molar refractivity (Wildman–Crippen MR) is 79.9 cm³/mol. The van der Waals surface area contributed by atoms with Crippen LogP contribution in [0.2, 0.25) is 0 Å². The van der Waals surface area contributed by atoms with Crippen molar-refractivity contribution in [2.24, 2.45) is 5.92 Å². The van der Waals surface area contributed by atoms with Crippen molar-refractivity contribution in [3.63, 3.8) is 0 Å². The number of hydrogen-bond donors (Lipinski definition) is 0. The van der Waals surface area contributed by atoms with Gasteiger partial charge in [-0.2, -0.15) is 0 Å². The van der Waals surface area contributed by atoms with Gasteiger partial charge in [-0.3, -0.25) is 14.5 Å². The van der Waals surface area contributed by atoms with Crippen molar-refractivity contribution in [3.8, 4) is 0 Å². The van der Waals surface area contributed by atoms with Crippen LogP contribution in [-0.2, 0) is 14.3 Å². The number of ether oxygens (including phenoxy) is 1. The lowest BCUT2D eigenvalue weighted by molar-refractivity contribution is -0.142. The zero-order valence-electron chi connectivity index (χ0n) is 13.4. The van der Waals surface area contributed by atoms with E-state index in [2.05, 4.69) is 4.90 Å². The Balaban J connectivity index is 1.82. The van der Waals surface area contributed by atoms with E-state index in [1.54, 1.807) is 19.0 Å². The molecule has 1 unspecified atom stereocenters. The summed E-state index contributed by atoms with van der Waals surface area (Å²) in [6.45, 7) is 6.33. The van der Waals surface area contributed by atoms with Crippen LogP contribution in [0.25, 0.3) is 0 Å². The van der Waals surface area contributed by atoms with Crippen LogP contribution in [0.15, 0.2) is 0 Å². The molecule has 0 aromatic heterocycles. The third-order valence-electron chi connectivity index (χ3n) is 4.55. The number of hydrogen-bond acceptors (Lipinski definition) is 4. The standard InChI is InChI=1S/C15H27N3O3/c1-12(14(19)16(2)3)17-6-4-13(5-7-17)15(20)18-8-10-21-11-9-18/h12-13H,4-11H2,1-3H3. The van der Waals surface area contributed by atoms with Crippen LogP contribution in [0.1, 0.15) is 19.8 Å². The summed E-state index contributed by atoms with van der Waals surface area (Å²) in [5.74, 6) is 0.513. The second kappa shape index (κ2) is 7.22. The van der Waals surface area contributed by atoms with Gasteiger partial charge >= 0.3 is 0 Å². The maximum Gasteiger partial charge on any atom is 0.239 e. The molecule has 2 aliphatic rings. The van der Waals surface area contributed by atoms with Crippen LogP contribution in [0.3, 0.4) is 0 Å². The highest BCUT2D eigenvalue weighted by molar-refractivity contribution is 5.81. The minimum Gasteiger partial charge on any atom is -0.378 e. The molecule has 0 radical (unpaired) electrons. The molecule has 2 fully saturated rings. The molecule has 120 valence electrons. The number of amides is 2. The van der Waals surface area contributed by atoms with Crippen molar-refractivity contribution in [1.82, 2.24) is 14.7 Å². The smallest absolute Gasteiger partial charge is 0.239 e. The van der Waals surface area contributed by atoms with Gasteiger partial charge in [0.2, 0.25) is 11.8 Å². The molecule has 0 aliphatic carbocycles. The van der Waals surface area contributed by atoms with E-state index < -0.39 is 0 Å². The molecule has 2 aliphatic heterocycles. The minimum absolute atomic E-state index is 0.0977. The van der Waals surface area contributed by atoms with E-state index in [1.807, 2.05) is 11.8 Å². The van der Waals surface area contributed by atoms with Gasteiger partial charge in [0.1, 0.15) is 0 Å². The second-order valence-electron chi connectivity index (χ2n) is 6.16. The quantitative estimate of drug-likeness (QED) is 0.738. The van der Waals surface area contributed by atoms with Crippen LogP contribution in [-0.4, -0.2) is 86.0 Å². The summed E-state index contributed by atoms with van der Waals surface area (Å²) in [7, 11) is 3.57. The van der Waals surface area contributed by atoms with Crippen LogP contribution in [0.5, 0.6) is 0 Å². The lowest BCUT2D eigenvalue weighted by Gasteiger charge is -2.38. The molecule has 0 N–H and O–H groups in total. The maximum atomic E-state index is 12.4. The van der Waals surface area contributed by atoms with Gasteiger partial charge in [0.05, 0.1) is 19.3 Å². The van der Waals surface area contributed by atoms with Gasteiger partial charge in [0.25, 0.3) is 0 Å². The number of likely N-dealkylation sites (tertiary alicyclic amines) is 1. The zero-order valence-corrected chi connectivity index (χ0v) is 13.4. The minimum atomic E-state index is -0.0977. The average molecular weight is 297 g/mol. The largest absolute Gasteiger partial charge is 0.378 e. The third-order valence-corrected chi connectivity index (χ3v) is 4.55. The van der Waals surface area contributed by atoms with Crippen LogP contribution >= 0.6 is 0 Å². The third kappa shape index (κ3) is 3.95. The first-order chi connectivity index (χ1) is 10.0. The number of rotatable bonds is 3. The molecule has 1 atom stereocenters. The van der Waals surface area contributed by atoms with Crippen molar-refractivity contribution in [2.45, 2.75) is 25.8 Å². The molecule has 2 saturated heterocycles. The first-order valence-electron chi connectivity index (χ1n) is 7.82. The normalized spacial score (nSPS) is 22.9. The maximum absolute atomic E-state index is 12.4. The van der Waals surface area contributed by atoms with Crippen molar-refractivity contribution in [2.75, 3.05) is 53.5 Å².